The van der Waals surface area contributed by atoms with Crippen LogP contribution >= 0.6 is 11.3 Å². The maximum Gasteiger partial charge on any atom is 0.309 e. The van der Waals surface area contributed by atoms with Crippen LogP contribution in [0.5, 0.6) is 0 Å². The molecule has 1 aliphatic rings. The number of aryl methyl sites for hydroxylation is 1. The van der Waals surface area contributed by atoms with Crippen molar-refractivity contribution in [1.29, 1.82) is 0 Å². The molecule has 0 saturated carbocycles. The first-order chi connectivity index (χ1) is 17.3. The third-order valence-corrected chi connectivity index (χ3v) is 8.18. The SMILES string of the molecule is CC(=Cc1csc(C)n1)[C@@H]1C[C@H](N=[N+]=[N-])[C@@H](O)CCCC(C)[C@H](O)[C@@H](C)C(=O)C(C)(C)[C@@H](O)CC(=O)O1. The first-order valence-electron chi connectivity index (χ1n) is 12.7. The number of hydrogen-bond donors (Lipinski definition) is 3. The maximum atomic E-state index is 13.2. The minimum atomic E-state index is -1.34. The van der Waals surface area contributed by atoms with E-state index in [0.29, 0.717) is 30.5 Å². The van der Waals surface area contributed by atoms with Crippen LogP contribution in [-0.2, 0) is 14.3 Å². The van der Waals surface area contributed by atoms with Crippen LogP contribution in [0, 0.1) is 24.2 Å². The zero-order valence-corrected chi connectivity index (χ0v) is 23.3. The lowest BCUT2D eigenvalue weighted by Gasteiger charge is -2.35. The molecule has 206 valence electrons. The van der Waals surface area contributed by atoms with Gasteiger partial charge in [0.25, 0.3) is 0 Å². The van der Waals surface area contributed by atoms with Gasteiger partial charge in [-0.1, -0.05) is 39.2 Å². The van der Waals surface area contributed by atoms with Crippen LogP contribution in [0.25, 0.3) is 16.5 Å². The van der Waals surface area contributed by atoms with Gasteiger partial charge in [0.15, 0.2) is 0 Å². The van der Waals surface area contributed by atoms with Gasteiger partial charge in [0.2, 0.25) is 0 Å². The van der Waals surface area contributed by atoms with Crippen molar-refractivity contribution in [3.63, 3.8) is 0 Å². The van der Waals surface area contributed by atoms with Crippen molar-refractivity contribution in [3.8, 4) is 0 Å². The van der Waals surface area contributed by atoms with Crippen LogP contribution < -0.4 is 0 Å². The number of ketones is 1. The molecule has 0 aliphatic carbocycles. The van der Waals surface area contributed by atoms with Crippen molar-refractivity contribution in [3.05, 3.63) is 32.1 Å². The molecule has 1 fully saturated rings. The number of aliphatic hydroxyl groups excluding tert-OH is 3. The van der Waals surface area contributed by atoms with E-state index in [1.54, 1.807) is 33.8 Å². The number of nitrogens with zero attached hydrogens (tertiary/aromatic N) is 4. The van der Waals surface area contributed by atoms with Crippen LogP contribution in [0.3, 0.4) is 0 Å². The number of cyclic esters (lactones) is 1. The smallest absolute Gasteiger partial charge is 0.309 e. The third-order valence-electron chi connectivity index (χ3n) is 7.39. The van der Waals surface area contributed by atoms with Gasteiger partial charge in [-0.25, -0.2) is 4.98 Å². The Hall–Kier alpha value is -2.30. The van der Waals surface area contributed by atoms with Crippen LogP contribution in [0.15, 0.2) is 16.1 Å². The number of aromatic nitrogens is 1. The van der Waals surface area contributed by atoms with Crippen molar-refractivity contribution >= 4 is 29.2 Å². The quantitative estimate of drug-likeness (QED) is 0.223. The molecule has 0 aromatic carbocycles. The van der Waals surface area contributed by atoms with Gasteiger partial charge in [0, 0.05) is 16.2 Å². The highest BCUT2D eigenvalue weighted by atomic mass is 32.1. The Morgan fingerprint density at radius 2 is 1.95 bits per heavy atom. The Bertz CT molecular complexity index is 1020. The Kier molecular flexibility index (Phi) is 11.3. The third kappa shape index (κ3) is 8.35. The van der Waals surface area contributed by atoms with Crippen molar-refractivity contribution in [2.75, 3.05) is 0 Å². The fourth-order valence-corrected chi connectivity index (χ4v) is 5.27. The lowest BCUT2D eigenvalue weighted by atomic mass is 9.73. The first kappa shape index (κ1) is 30.9. The van der Waals surface area contributed by atoms with Gasteiger partial charge in [0.1, 0.15) is 11.9 Å². The van der Waals surface area contributed by atoms with E-state index in [9.17, 15) is 24.9 Å². The van der Waals surface area contributed by atoms with Gasteiger partial charge < -0.3 is 20.1 Å². The van der Waals surface area contributed by atoms with E-state index >= 15 is 0 Å². The van der Waals surface area contributed by atoms with E-state index in [-0.39, 0.29) is 18.1 Å². The molecule has 2 rings (SSSR count). The summed E-state index contributed by atoms with van der Waals surface area (Å²) in [5.74, 6) is -2.07. The van der Waals surface area contributed by atoms with E-state index in [2.05, 4.69) is 15.0 Å². The van der Waals surface area contributed by atoms with Gasteiger partial charge in [0.05, 0.1) is 46.9 Å². The van der Waals surface area contributed by atoms with E-state index in [4.69, 9.17) is 10.3 Å². The van der Waals surface area contributed by atoms with E-state index in [1.165, 1.54) is 11.3 Å². The summed E-state index contributed by atoms with van der Waals surface area (Å²) >= 11 is 1.48. The maximum absolute atomic E-state index is 13.2. The number of hydrogen-bond acceptors (Lipinski definition) is 9. The van der Waals surface area contributed by atoms with Gasteiger partial charge in [-0.05, 0) is 56.2 Å². The van der Waals surface area contributed by atoms with Crippen molar-refractivity contribution in [2.24, 2.45) is 22.4 Å². The molecule has 37 heavy (non-hydrogen) atoms. The van der Waals surface area contributed by atoms with Crippen LogP contribution in [-0.4, -0.2) is 62.5 Å². The fourth-order valence-electron chi connectivity index (χ4n) is 4.70. The van der Waals surface area contributed by atoms with Crippen molar-refractivity contribution < 1.29 is 29.6 Å². The average molecular weight is 537 g/mol. The lowest BCUT2D eigenvalue weighted by molar-refractivity contribution is -0.154. The molecule has 2 heterocycles. The highest BCUT2D eigenvalue weighted by molar-refractivity contribution is 7.09. The Balaban J connectivity index is 2.43. The topological polar surface area (TPSA) is 166 Å². The minimum absolute atomic E-state index is 0.0377. The van der Waals surface area contributed by atoms with Crippen molar-refractivity contribution in [2.45, 2.75) is 104 Å². The fraction of sp³-hybridized carbons (Fsp3) is 0.731. The number of esters is 1. The molecule has 11 heteroatoms. The second kappa shape index (κ2) is 13.5. The molecule has 1 aliphatic heterocycles. The minimum Gasteiger partial charge on any atom is -0.458 e. The predicted molar refractivity (Wildman–Crippen MR) is 142 cm³/mol. The molecule has 10 nitrogen and oxygen atoms in total. The van der Waals surface area contributed by atoms with E-state index < -0.39 is 54.2 Å². The number of carbonyl (C=O) groups excluding carboxylic acids is 2. The monoisotopic (exact) mass is 536 g/mol. The van der Waals surface area contributed by atoms with Crippen molar-refractivity contribution in [1.82, 2.24) is 4.98 Å². The number of rotatable bonds is 3. The molecule has 1 unspecified atom stereocenters. The van der Waals surface area contributed by atoms with Crippen LogP contribution in [0.2, 0.25) is 0 Å². The molecule has 1 aromatic heterocycles. The summed E-state index contributed by atoms with van der Waals surface area (Å²) in [5.41, 5.74) is 9.17. The van der Waals surface area contributed by atoms with E-state index in [0.717, 1.165) is 5.01 Å². The summed E-state index contributed by atoms with van der Waals surface area (Å²) in [6.45, 7) is 10.2. The summed E-state index contributed by atoms with van der Waals surface area (Å²) in [5, 5.41) is 39.0. The molecule has 0 bridgehead atoms. The molecule has 3 N–H and O–H groups in total. The second-order valence-electron chi connectivity index (χ2n) is 10.7. The molecule has 7 atom stereocenters. The van der Waals surface area contributed by atoms with Crippen LogP contribution in [0.4, 0.5) is 0 Å². The number of aliphatic hydroxyl groups is 3. The van der Waals surface area contributed by atoms with Gasteiger partial charge in [-0.15, -0.1) is 11.3 Å². The summed E-state index contributed by atoms with van der Waals surface area (Å²) in [4.78, 5) is 33.5. The van der Waals surface area contributed by atoms with Gasteiger partial charge in [-0.2, -0.15) is 0 Å². The molecule has 0 spiro atoms. The summed E-state index contributed by atoms with van der Waals surface area (Å²) in [7, 11) is 0. The largest absolute Gasteiger partial charge is 0.458 e. The molecule has 0 radical (unpaired) electrons. The molecule has 1 saturated heterocycles. The molecular formula is C26H40N4O6S. The summed E-state index contributed by atoms with van der Waals surface area (Å²) in [6, 6.07) is -0.863. The summed E-state index contributed by atoms with van der Waals surface area (Å²) < 4.78 is 5.73. The first-order valence-corrected chi connectivity index (χ1v) is 13.6. The lowest BCUT2D eigenvalue weighted by Crippen LogP contribution is -2.46. The number of azide groups is 1. The van der Waals surface area contributed by atoms with Gasteiger partial charge in [-0.3, -0.25) is 9.59 Å². The van der Waals surface area contributed by atoms with E-state index in [1.807, 2.05) is 19.2 Å². The zero-order chi connectivity index (χ0) is 27.9. The number of ether oxygens (including phenoxy) is 1. The zero-order valence-electron chi connectivity index (χ0n) is 22.5. The van der Waals surface area contributed by atoms with Gasteiger partial charge >= 0.3 is 5.97 Å². The number of thiazole rings is 1. The summed E-state index contributed by atoms with van der Waals surface area (Å²) in [6.07, 6.45) is -1.38. The standard InChI is InChI=1S/C26H40N4O6S/c1-14-8-7-9-20(31)19(29-30-27)11-21(15(2)10-18-13-37-17(4)28-18)36-23(33)12-22(32)26(5,6)25(35)16(3)24(14)34/h10,13-14,16,19-22,24,31-32,34H,7-9,11-12H2,1-6H3/t14?,16-,19+,20+,21+,22+,24+/m1/s1. The van der Waals surface area contributed by atoms with Crippen LogP contribution in [0.1, 0.15) is 77.4 Å². The highest BCUT2D eigenvalue weighted by Gasteiger charge is 2.42. The normalized spacial score (nSPS) is 32.9. The number of Topliss-reactive ketones (excluding diaryl/α,β-unsaturated/α-hetero) is 1. The Labute approximate surface area is 222 Å². The molecule has 0 amide bonds. The Morgan fingerprint density at radius 1 is 1.27 bits per heavy atom. The number of carbonyl (C=O) groups is 2. The second-order valence-corrected chi connectivity index (χ2v) is 11.8. The molecular weight excluding hydrogens is 496 g/mol. The highest BCUT2D eigenvalue weighted by Crippen LogP contribution is 2.33. The molecule has 1 aromatic rings. The Morgan fingerprint density at radius 3 is 2.54 bits per heavy atom. The average Bonchev–Trinajstić information content (AvgIpc) is 3.24. The predicted octanol–water partition coefficient (Wildman–Crippen LogP) is 4.36.